The first-order valence-corrected chi connectivity index (χ1v) is 6.32. The van der Waals surface area contributed by atoms with Gasteiger partial charge in [-0.25, -0.2) is 4.39 Å². The predicted octanol–water partition coefficient (Wildman–Crippen LogP) is 1.89. The summed E-state index contributed by atoms with van der Waals surface area (Å²) in [6, 6.07) is 3.97. The van der Waals surface area contributed by atoms with E-state index in [2.05, 4.69) is 21.2 Å². The molecule has 0 aromatic heterocycles. The van der Waals surface area contributed by atoms with Crippen LogP contribution in [0.2, 0.25) is 0 Å². The van der Waals surface area contributed by atoms with Crippen LogP contribution in [0.25, 0.3) is 0 Å². The number of carbonyl (C=O) groups excluding carboxylic acids is 1. The number of hydrogen-bond donors (Lipinski definition) is 2. The predicted molar refractivity (Wildman–Crippen MR) is 69.6 cm³/mol. The molecule has 0 bridgehead atoms. The van der Waals surface area contributed by atoms with Crippen LogP contribution in [0, 0.1) is 11.2 Å². The van der Waals surface area contributed by atoms with Crippen molar-refractivity contribution in [2.75, 3.05) is 18.5 Å². The maximum Gasteiger partial charge on any atom is 0.234 e. The van der Waals surface area contributed by atoms with Gasteiger partial charge in [-0.3, -0.25) is 4.79 Å². The van der Waals surface area contributed by atoms with Crippen LogP contribution in [-0.4, -0.2) is 25.2 Å². The number of benzene rings is 1. The first-order valence-electron chi connectivity index (χ1n) is 5.53. The van der Waals surface area contributed by atoms with Crippen LogP contribution in [0.1, 0.15) is 6.92 Å². The molecule has 1 heterocycles. The van der Waals surface area contributed by atoms with E-state index >= 15 is 0 Å². The second-order valence-corrected chi connectivity index (χ2v) is 5.48. The number of nitrogens with one attached hydrogen (secondary N) is 1. The molecular weight excluding hydrogens is 303 g/mol. The quantitative estimate of drug-likeness (QED) is 0.875. The van der Waals surface area contributed by atoms with Gasteiger partial charge in [0, 0.05) is 11.7 Å². The van der Waals surface area contributed by atoms with Gasteiger partial charge in [0.1, 0.15) is 5.82 Å². The van der Waals surface area contributed by atoms with E-state index < -0.39 is 5.41 Å². The Morgan fingerprint density at radius 2 is 2.39 bits per heavy atom. The highest BCUT2D eigenvalue weighted by Gasteiger charge is 2.44. The number of carbonyl (C=O) groups is 1. The first kappa shape index (κ1) is 13.5. The third kappa shape index (κ3) is 2.41. The Bertz CT molecular complexity index is 483. The first-order chi connectivity index (χ1) is 8.43. The van der Waals surface area contributed by atoms with Crippen molar-refractivity contribution in [3.63, 3.8) is 0 Å². The number of rotatable bonds is 2. The second-order valence-electron chi connectivity index (χ2n) is 4.62. The molecule has 0 aliphatic carbocycles. The lowest BCUT2D eigenvalue weighted by atomic mass is 9.85. The minimum Gasteiger partial charge on any atom is -0.379 e. The van der Waals surface area contributed by atoms with Gasteiger partial charge in [-0.1, -0.05) is 0 Å². The molecule has 18 heavy (non-hydrogen) atoms. The Hall–Kier alpha value is -0.980. The van der Waals surface area contributed by atoms with Crippen molar-refractivity contribution in [2.24, 2.45) is 11.1 Å². The molecule has 3 N–H and O–H groups in total. The molecule has 98 valence electrons. The minimum atomic E-state index is -0.749. The largest absolute Gasteiger partial charge is 0.379 e. The van der Waals surface area contributed by atoms with E-state index in [0.29, 0.717) is 23.4 Å². The van der Waals surface area contributed by atoms with E-state index in [1.54, 1.807) is 6.92 Å². The fourth-order valence-electron chi connectivity index (χ4n) is 1.77. The molecule has 1 fully saturated rings. The topological polar surface area (TPSA) is 64.3 Å². The molecule has 0 saturated carbocycles. The highest BCUT2D eigenvalue weighted by molar-refractivity contribution is 9.10. The smallest absolute Gasteiger partial charge is 0.234 e. The minimum absolute atomic E-state index is 0.217. The number of nitrogens with two attached hydrogens (primary N) is 1. The zero-order valence-electron chi connectivity index (χ0n) is 9.87. The second kappa shape index (κ2) is 4.95. The van der Waals surface area contributed by atoms with Gasteiger partial charge in [-0.05, 0) is 41.1 Å². The molecule has 2 atom stereocenters. The molecule has 1 aromatic rings. The van der Waals surface area contributed by atoms with Crippen LogP contribution < -0.4 is 11.1 Å². The summed E-state index contributed by atoms with van der Waals surface area (Å²) < 4.78 is 18.6. The van der Waals surface area contributed by atoms with Crippen molar-refractivity contribution < 1.29 is 13.9 Å². The summed E-state index contributed by atoms with van der Waals surface area (Å²) >= 11 is 3.07. The summed E-state index contributed by atoms with van der Waals surface area (Å²) in [4.78, 5) is 12.2. The Morgan fingerprint density at radius 1 is 1.67 bits per heavy atom. The number of halogens is 2. The van der Waals surface area contributed by atoms with Crippen molar-refractivity contribution in [2.45, 2.75) is 13.0 Å². The maximum atomic E-state index is 13.1. The number of anilines is 1. The molecule has 0 radical (unpaired) electrons. The van der Waals surface area contributed by atoms with Gasteiger partial charge in [-0.2, -0.15) is 0 Å². The molecule has 1 aliphatic rings. The molecule has 2 unspecified atom stereocenters. The Morgan fingerprint density at radius 3 is 2.94 bits per heavy atom. The van der Waals surface area contributed by atoms with Gasteiger partial charge in [0.05, 0.1) is 23.1 Å². The van der Waals surface area contributed by atoms with Crippen molar-refractivity contribution in [3.05, 3.63) is 28.5 Å². The van der Waals surface area contributed by atoms with Crippen LogP contribution in [-0.2, 0) is 9.53 Å². The van der Waals surface area contributed by atoms with Crippen LogP contribution in [0.4, 0.5) is 10.1 Å². The van der Waals surface area contributed by atoms with E-state index in [9.17, 15) is 9.18 Å². The Balaban J connectivity index is 2.14. The SMILES string of the molecule is CC1(C(=O)Nc2ccc(F)c(Br)c2)COCC1N. The van der Waals surface area contributed by atoms with Crippen molar-refractivity contribution in [3.8, 4) is 0 Å². The summed E-state index contributed by atoms with van der Waals surface area (Å²) in [6.45, 7) is 2.43. The molecule has 1 aliphatic heterocycles. The van der Waals surface area contributed by atoms with Crippen molar-refractivity contribution in [1.29, 1.82) is 0 Å². The number of ether oxygens (including phenoxy) is 1. The number of hydrogen-bond acceptors (Lipinski definition) is 3. The highest BCUT2D eigenvalue weighted by Crippen LogP contribution is 2.29. The van der Waals surface area contributed by atoms with E-state index in [-0.39, 0.29) is 17.8 Å². The third-order valence-corrected chi connectivity index (χ3v) is 3.82. The molecule has 4 nitrogen and oxygen atoms in total. The molecule has 2 rings (SSSR count). The maximum absolute atomic E-state index is 13.1. The average Bonchev–Trinajstić information content (AvgIpc) is 2.66. The molecule has 6 heteroatoms. The lowest BCUT2D eigenvalue weighted by Crippen LogP contribution is -2.47. The molecule has 0 spiro atoms. The summed E-state index contributed by atoms with van der Waals surface area (Å²) in [5.41, 5.74) is 5.64. The summed E-state index contributed by atoms with van der Waals surface area (Å²) in [5.74, 6) is -0.592. The van der Waals surface area contributed by atoms with Gasteiger partial charge >= 0.3 is 0 Å². The third-order valence-electron chi connectivity index (χ3n) is 3.21. The van der Waals surface area contributed by atoms with Gasteiger partial charge in [0.25, 0.3) is 0 Å². The van der Waals surface area contributed by atoms with Crippen molar-refractivity contribution in [1.82, 2.24) is 0 Å². The lowest BCUT2D eigenvalue weighted by molar-refractivity contribution is -0.125. The highest BCUT2D eigenvalue weighted by atomic mass is 79.9. The zero-order valence-corrected chi connectivity index (χ0v) is 11.5. The molecule has 1 saturated heterocycles. The molecular formula is C12H14BrFN2O2. The van der Waals surface area contributed by atoms with Crippen LogP contribution >= 0.6 is 15.9 Å². The lowest BCUT2D eigenvalue weighted by Gasteiger charge is -2.25. The Labute approximate surface area is 113 Å². The van der Waals surface area contributed by atoms with Crippen LogP contribution in [0.3, 0.4) is 0 Å². The van der Waals surface area contributed by atoms with E-state index in [0.717, 1.165) is 0 Å². The monoisotopic (exact) mass is 316 g/mol. The molecule has 1 aromatic carbocycles. The normalized spacial score (nSPS) is 27.2. The summed E-state index contributed by atoms with van der Waals surface area (Å²) in [7, 11) is 0. The van der Waals surface area contributed by atoms with Gasteiger partial charge in [0.2, 0.25) is 5.91 Å². The van der Waals surface area contributed by atoms with Gasteiger partial charge in [0.15, 0.2) is 0 Å². The van der Waals surface area contributed by atoms with E-state index in [4.69, 9.17) is 10.5 Å². The van der Waals surface area contributed by atoms with E-state index in [1.165, 1.54) is 18.2 Å². The van der Waals surface area contributed by atoms with Crippen LogP contribution in [0.5, 0.6) is 0 Å². The average molecular weight is 317 g/mol. The van der Waals surface area contributed by atoms with Crippen molar-refractivity contribution >= 4 is 27.5 Å². The van der Waals surface area contributed by atoms with E-state index in [1.807, 2.05) is 0 Å². The zero-order chi connectivity index (χ0) is 13.3. The number of amides is 1. The standard InChI is InChI=1S/C12H14BrFN2O2/c1-12(6-18-5-10(12)15)11(17)16-7-2-3-9(14)8(13)4-7/h2-4,10H,5-6,15H2,1H3,(H,16,17). The van der Waals surface area contributed by atoms with Gasteiger partial charge in [-0.15, -0.1) is 0 Å². The fraction of sp³-hybridized carbons (Fsp3) is 0.417. The molecule has 1 amide bonds. The Kier molecular flexibility index (Phi) is 3.70. The van der Waals surface area contributed by atoms with Gasteiger partial charge < -0.3 is 15.8 Å². The fourth-order valence-corrected chi connectivity index (χ4v) is 2.15. The van der Waals surface area contributed by atoms with Crippen LogP contribution in [0.15, 0.2) is 22.7 Å². The summed E-state index contributed by atoms with van der Waals surface area (Å²) in [6.07, 6.45) is 0. The summed E-state index contributed by atoms with van der Waals surface area (Å²) in [5, 5.41) is 2.73.